The smallest absolute Gasteiger partial charge is 0.316 e. The Kier molecular flexibility index (Phi) is 3.18. The lowest BCUT2D eigenvalue weighted by Crippen LogP contribution is -2.21. The van der Waals surface area contributed by atoms with Gasteiger partial charge in [0.2, 0.25) is 0 Å². The molecular weight excluding hydrogens is 252 g/mol. The molecule has 0 heterocycles. The third kappa shape index (κ3) is 2.27. The van der Waals surface area contributed by atoms with E-state index in [1.165, 1.54) is 7.11 Å². The molecule has 1 fully saturated rings. The molecule has 0 aromatic heterocycles. The van der Waals surface area contributed by atoms with Gasteiger partial charge >= 0.3 is 5.97 Å². The monoisotopic (exact) mass is 268 g/mol. The fraction of sp³-hybridized carbons (Fsp3) is 0.235. The van der Waals surface area contributed by atoms with E-state index < -0.39 is 5.41 Å². The Morgan fingerprint density at radius 1 is 1.00 bits per heavy atom. The van der Waals surface area contributed by atoms with Crippen molar-refractivity contribution in [1.82, 2.24) is 0 Å². The summed E-state index contributed by atoms with van der Waals surface area (Å²) >= 11 is 0. The number of benzene rings is 2. The number of rotatable bonds is 4. The maximum absolute atomic E-state index is 11.9. The second-order valence-corrected chi connectivity index (χ2v) is 5.02. The minimum absolute atomic E-state index is 0.158. The number of carbonyl (C=O) groups excluding carboxylic acids is 1. The van der Waals surface area contributed by atoms with Gasteiger partial charge in [-0.15, -0.1) is 0 Å². The Hall–Kier alpha value is -2.29. The quantitative estimate of drug-likeness (QED) is 0.793. The zero-order chi connectivity index (χ0) is 14.0. The van der Waals surface area contributed by atoms with E-state index in [0.29, 0.717) is 0 Å². The van der Waals surface area contributed by atoms with E-state index in [1.54, 1.807) is 0 Å². The fourth-order valence-corrected chi connectivity index (χ4v) is 2.41. The van der Waals surface area contributed by atoms with Gasteiger partial charge in [0.05, 0.1) is 12.5 Å². The zero-order valence-corrected chi connectivity index (χ0v) is 11.3. The average Bonchev–Trinajstić information content (AvgIpc) is 3.29. The van der Waals surface area contributed by atoms with Crippen LogP contribution in [0, 0.1) is 0 Å². The van der Waals surface area contributed by atoms with Crippen LogP contribution in [0.15, 0.2) is 54.6 Å². The fourth-order valence-electron chi connectivity index (χ4n) is 2.41. The van der Waals surface area contributed by atoms with Crippen LogP contribution in [0.25, 0.3) is 0 Å². The third-order valence-corrected chi connectivity index (χ3v) is 3.69. The molecule has 0 aliphatic heterocycles. The van der Waals surface area contributed by atoms with Crippen molar-refractivity contribution in [3.63, 3.8) is 0 Å². The average molecular weight is 268 g/mol. The summed E-state index contributed by atoms with van der Waals surface area (Å²) in [4.78, 5) is 11.9. The summed E-state index contributed by atoms with van der Waals surface area (Å²) in [7, 11) is 1.44. The van der Waals surface area contributed by atoms with Crippen LogP contribution >= 0.6 is 0 Å². The summed E-state index contributed by atoms with van der Waals surface area (Å²) in [6, 6.07) is 17.3. The molecule has 2 aromatic carbocycles. The van der Waals surface area contributed by atoms with Gasteiger partial charge in [-0.25, -0.2) is 0 Å². The van der Waals surface area contributed by atoms with Gasteiger partial charge in [0.15, 0.2) is 0 Å². The molecule has 0 bridgehead atoms. The summed E-state index contributed by atoms with van der Waals surface area (Å²) < 4.78 is 10.7. The lowest BCUT2D eigenvalue weighted by molar-refractivity contribution is -0.143. The molecule has 0 N–H and O–H groups in total. The molecular formula is C17H16O3. The minimum Gasteiger partial charge on any atom is -0.468 e. The molecule has 3 heteroatoms. The number of para-hydroxylation sites is 1. The standard InChI is InChI=1S/C17H16O3/c1-19-16(18)17(10-11-17)13-6-5-9-15(12-13)20-14-7-3-2-4-8-14/h2-9,12H,10-11H2,1H3. The molecule has 0 amide bonds. The summed E-state index contributed by atoms with van der Waals surface area (Å²) in [5.74, 6) is 1.37. The number of carbonyl (C=O) groups is 1. The van der Waals surface area contributed by atoms with Gasteiger partial charge in [0.1, 0.15) is 11.5 Å². The van der Waals surface area contributed by atoms with Crippen LogP contribution < -0.4 is 4.74 Å². The van der Waals surface area contributed by atoms with Crippen molar-refractivity contribution in [2.75, 3.05) is 7.11 Å². The van der Waals surface area contributed by atoms with Gasteiger partial charge in [0, 0.05) is 0 Å². The molecule has 20 heavy (non-hydrogen) atoms. The number of ether oxygens (including phenoxy) is 2. The van der Waals surface area contributed by atoms with Crippen molar-refractivity contribution >= 4 is 5.97 Å². The summed E-state index contributed by atoms with van der Waals surface area (Å²) in [6.45, 7) is 0. The van der Waals surface area contributed by atoms with Gasteiger partial charge in [-0.1, -0.05) is 30.3 Å². The molecule has 1 saturated carbocycles. The second-order valence-electron chi connectivity index (χ2n) is 5.02. The predicted molar refractivity (Wildman–Crippen MR) is 75.9 cm³/mol. The van der Waals surface area contributed by atoms with Gasteiger partial charge < -0.3 is 9.47 Å². The van der Waals surface area contributed by atoms with E-state index in [-0.39, 0.29) is 5.97 Å². The largest absolute Gasteiger partial charge is 0.468 e. The molecule has 1 aliphatic carbocycles. The summed E-state index contributed by atoms with van der Waals surface area (Å²) in [5, 5.41) is 0. The highest BCUT2D eigenvalue weighted by molar-refractivity contribution is 5.86. The van der Waals surface area contributed by atoms with Crippen molar-refractivity contribution in [3.05, 3.63) is 60.2 Å². The zero-order valence-electron chi connectivity index (χ0n) is 11.3. The third-order valence-electron chi connectivity index (χ3n) is 3.69. The number of esters is 1. The van der Waals surface area contributed by atoms with Gasteiger partial charge in [0.25, 0.3) is 0 Å². The van der Waals surface area contributed by atoms with E-state index in [1.807, 2.05) is 54.6 Å². The van der Waals surface area contributed by atoms with Crippen molar-refractivity contribution in [2.24, 2.45) is 0 Å². The van der Waals surface area contributed by atoms with Crippen LogP contribution in [0.1, 0.15) is 18.4 Å². The maximum Gasteiger partial charge on any atom is 0.316 e. The first-order valence-electron chi connectivity index (χ1n) is 6.66. The normalized spacial score (nSPS) is 15.4. The molecule has 0 radical (unpaired) electrons. The highest BCUT2D eigenvalue weighted by Gasteiger charge is 2.52. The highest BCUT2D eigenvalue weighted by atomic mass is 16.5. The lowest BCUT2D eigenvalue weighted by Gasteiger charge is -2.14. The molecule has 0 spiro atoms. The first kappa shape index (κ1) is 12.7. The number of hydrogen-bond acceptors (Lipinski definition) is 3. The minimum atomic E-state index is -0.454. The second kappa shape index (κ2) is 5.00. The maximum atomic E-state index is 11.9. The van der Waals surface area contributed by atoms with E-state index >= 15 is 0 Å². The topological polar surface area (TPSA) is 35.5 Å². The van der Waals surface area contributed by atoms with Crippen LogP contribution in [-0.2, 0) is 14.9 Å². The van der Waals surface area contributed by atoms with Gasteiger partial charge in [-0.2, -0.15) is 0 Å². The lowest BCUT2D eigenvalue weighted by atomic mass is 9.96. The van der Waals surface area contributed by atoms with Crippen LogP contribution in [-0.4, -0.2) is 13.1 Å². The van der Waals surface area contributed by atoms with Crippen molar-refractivity contribution in [2.45, 2.75) is 18.3 Å². The van der Waals surface area contributed by atoms with Crippen LogP contribution in [0.5, 0.6) is 11.5 Å². The Balaban J connectivity index is 1.85. The van der Waals surface area contributed by atoms with E-state index in [9.17, 15) is 4.79 Å². The number of methoxy groups -OCH3 is 1. The Morgan fingerprint density at radius 2 is 1.70 bits per heavy atom. The molecule has 1 aliphatic rings. The molecule has 0 atom stereocenters. The van der Waals surface area contributed by atoms with E-state index in [2.05, 4.69) is 0 Å². The molecule has 0 saturated heterocycles. The molecule has 3 rings (SSSR count). The molecule has 0 unspecified atom stereocenters. The summed E-state index contributed by atoms with van der Waals surface area (Å²) in [6.07, 6.45) is 1.68. The molecule has 2 aromatic rings. The Bertz CT molecular complexity index is 615. The van der Waals surface area contributed by atoms with Crippen molar-refractivity contribution in [3.8, 4) is 11.5 Å². The van der Waals surface area contributed by atoms with Gasteiger partial charge in [-0.05, 0) is 42.7 Å². The Labute approximate surface area is 118 Å². The van der Waals surface area contributed by atoms with Crippen LogP contribution in [0.3, 0.4) is 0 Å². The Morgan fingerprint density at radius 3 is 2.35 bits per heavy atom. The highest BCUT2D eigenvalue weighted by Crippen LogP contribution is 2.49. The van der Waals surface area contributed by atoms with E-state index in [0.717, 1.165) is 29.9 Å². The van der Waals surface area contributed by atoms with Crippen LogP contribution in [0.2, 0.25) is 0 Å². The van der Waals surface area contributed by atoms with Crippen molar-refractivity contribution in [1.29, 1.82) is 0 Å². The van der Waals surface area contributed by atoms with Crippen LogP contribution in [0.4, 0.5) is 0 Å². The molecule has 102 valence electrons. The van der Waals surface area contributed by atoms with Crippen molar-refractivity contribution < 1.29 is 14.3 Å². The SMILES string of the molecule is COC(=O)C1(c2cccc(Oc3ccccc3)c2)CC1. The van der Waals surface area contributed by atoms with E-state index in [4.69, 9.17) is 9.47 Å². The van der Waals surface area contributed by atoms with Gasteiger partial charge in [-0.3, -0.25) is 4.79 Å². The first-order valence-corrected chi connectivity index (χ1v) is 6.66. The predicted octanol–water partition coefficient (Wildman–Crippen LogP) is 3.68. The summed E-state index contributed by atoms with van der Waals surface area (Å²) in [5.41, 5.74) is 0.517. The molecule has 3 nitrogen and oxygen atoms in total. The first-order chi connectivity index (χ1) is 9.74. The number of hydrogen-bond donors (Lipinski definition) is 0.